The lowest BCUT2D eigenvalue weighted by molar-refractivity contribution is -0.106. The summed E-state index contributed by atoms with van der Waals surface area (Å²) in [5.74, 6) is 0. The number of carbonyl (C=O) groups excluding carboxylic acids is 1. The normalized spacial score (nSPS) is 9.60. The third kappa shape index (κ3) is 5.20. The van der Waals surface area contributed by atoms with Crippen molar-refractivity contribution >= 4 is 6.16 Å². The van der Waals surface area contributed by atoms with E-state index in [1.54, 1.807) is 0 Å². The molecule has 0 unspecified atom stereocenters. The SMILES string of the molecule is O=C(OCCF)OC(F)F. The third-order valence-electron chi connectivity index (χ3n) is 0.482. The van der Waals surface area contributed by atoms with E-state index in [1.165, 1.54) is 0 Å². The van der Waals surface area contributed by atoms with Gasteiger partial charge in [0.2, 0.25) is 0 Å². The molecule has 0 spiro atoms. The fourth-order valence-corrected chi connectivity index (χ4v) is 0.229. The molecule has 60 valence electrons. The number of hydrogen-bond acceptors (Lipinski definition) is 3. The summed E-state index contributed by atoms with van der Waals surface area (Å²) in [5, 5.41) is 0. The van der Waals surface area contributed by atoms with E-state index in [0.717, 1.165) is 0 Å². The highest BCUT2D eigenvalue weighted by molar-refractivity contribution is 5.59. The number of alkyl halides is 3. The highest BCUT2D eigenvalue weighted by atomic mass is 19.3. The molecule has 0 aromatic carbocycles. The highest BCUT2D eigenvalue weighted by Gasteiger charge is 2.10. The number of carbonyl (C=O) groups is 1. The maximum Gasteiger partial charge on any atom is 0.512 e. The Morgan fingerprint density at radius 2 is 2.10 bits per heavy atom. The van der Waals surface area contributed by atoms with Gasteiger partial charge in [0.1, 0.15) is 13.3 Å². The minimum atomic E-state index is -3.22. The lowest BCUT2D eigenvalue weighted by Crippen LogP contribution is -2.12. The van der Waals surface area contributed by atoms with Gasteiger partial charge in [-0.1, -0.05) is 0 Å². The fraction of sp³-hybridized carbons (Fsp3) is 0.750. The van der Waals surface area contributed by atoms with Gasteiger partial charge in [-0.05, 0) is 0 Å². The lowest BCUT2D eigenvalue weighted by Gasteiger charge is -2.01. The maximum absolute atomic E-state index is 11.2. The largest absolute Gasteiger partial charge is 0.512 e. The monoisotopic (exact) mass is 158 g/mol. The van der Waals surface area contributed by atoms with E-state index in [-0.39, 0.29) is 0 Å². The van der Waals surface area contributed by atoms with Crippen LogP contribution in [0, 0.1) is 0 Å². The van der Waals surface area contributed by atoms with Gasteiger partial charge < -0.3 is 9.47 Å². The summed E-state index contributed by atoms with van der Waals surface area (Å²) in [7, 11) is 0. The Morgan fingerprint density at radius 1 is 1.50 bits per heavy atom. The van der Waals surface area contributed by atoms with E-state index in [4.69, 9.17) is 0 Å². The van der Waals surface area contributed by atoms with Gasteiger partial charge in [-0.15, -0.1) is 0 Å². The standard InChI is InChI=1S/C4H5F3O3/c5-1-2-9-4(8)10-3(6)7/h3H,1-2H2. The Kier molecular flexibility index (Phi) is 4.43. The molecule has 0 saturated carbocycles. The van der Waals surface area contributed by atoms with Gasteiger partial charge in [0, 0.05) is 0 Å². The zero-order chi connectivity index (χ0) is 7.98. The molecule has 10 heavy (non-hydrogen) atoms. The number of halogens is 3. The maximum atomic E-state index is 11.2. The van der Waals surface area contributed by atoms with Crippen molar-refractivity contribution in [2.75, 3.05) is 13.3 Å². The predicted molar refractivity (Wildman–Crippen MR) is 24.4 cm³/mol. The van der Waals surface area contributed by atoms with Crippen LogP contribution in [0.5, 0.6) is 0 Å². The molecule has 0 N–H and O–H groups in total. The summed E-state index contributed by atoms with van der Waals surface area (Å²) >= 11 is 0. The van der Waals surface area contributed by atoms with Gasteiger partial charge in [0.15, 0.2) is 0 Å². The van der Waals surface area contributed by atoms with Crippen molar-refractivity contribution in [2.45, 2.75) is 6.61 Å². The van der Waals surface area contributed by atoms with E-state index in [9.17, 15) is 18.0 Å². The molecular formula is C4H5F3O3. The second kappa shape index (κ2) is 4.89. The summed E-state index contributed by atoms with van der Waals surface area (Å²) in [6, 6.07) is 0. The molecule has 6 heteroatoms. The van der Waals surface area contributed by atoms with Crippen molar-refractivity contribution in [3.05, 3.63) is 0 Å². The molecule has 0 aromatic heterocycles. The molecule has 0 rings (SSSR count). The van der Waals surface area contributed by atoms with Crippen LogP contribution in [-0.4, -0.2) is 26.0 Å². The Labute approximate surface area is 54.7 Å². The second-order valence-corrected chi connectivity index (χ2v) is 1.17. The summed E-state index contributed by atoms with van der Waals surface area (Å²) in [6.45, 7) is -4.70. The van der Waals surface area contributed by atoms with Gasteiger partial charge in [-0.2, -0.15) is 8.78 Å². The van der Waals surface area contributed by atoms with Gasteiger partial charge >= 0.3 is 12.8 Å². The molecule has 0 fully saturated rings. The van der Waals surface area contributed by atoms with Crippen LogP contribution < -0.4 is 0 Å². The van der Waals surface area contributed by atoms with Crippen LogP contribution in [0.4, 0.5) is 18.0 Å². The highest BCUT2D eigenvalue weighted by Crippen LogP contribution is 1.96. The Balaban J connectivity index is 3.26. The molecule has 0 amide bonds. The first-order valence-corrected chi connectivity index (χ1v) is 2.34. The molecule has 0 aliphatic rings. The summed E-state index contributed by atoms with van der Waals surface area (Å²) in [5.41, 5.74) is 0. The second-order valence-electron chi connectivity index (χ2n) is 1.17. The number of hydrogen-bond donors (Lipinski definition) is 0. The van der Waals surface area contributed by atoms with E-state index < -0.39 is 26.0 Å². The molecule has 0 aliphatic heterocycles. The van der Waals surface area contributed by atoms with Crippen LogP contribution in [0.25, 0.3) is 0 Å². The Hall–Kier alpha value is -0.940. The number of ether oxygens (including phenoxy) is 2. The molecular weight excluding hydrogens is 153 g/mol. The van der Waals surface area contributed by atoms with Crippen LogP contribution in [-0.2, 0) is 9.47 Å². The van der Waals surface area contributed by atoms with Crippen molar-refractivity contribution in [2.24, 2.45) is 0 Å². The van der Waals surface area contributed by atoms with Crippen molar-refractivity contribution in [3.8, 4) is 0 Å². The predicted octanol–water partition coefficient (Wildman–Crippen LogP) is 1.33. The van der Waals surface area contributed by atoms with Crippen LogP contribution in [0.3, 0.4) is 0 Å². The van der Waals surface area contributed by atoms with E-state index >= 15 is 0 Å². The average molecular weight is 158 g/mol. The molecule has 0 aliphatic carbocycles. The summed E-state index contributed by atoms with van der Waals surface area (Å²) in [4.78, 5) is 9.92. The van der Waals surface area contributed by atoms with Crippen molar-refractivity contribution in [1.82, 2.24) is 0 Å². The van der Waals surface area contributed by atoms with Gasteiger partial charge in [-0.25, -0.2) is 9.18 Å². The van der Waals surface area contributed by atoms with Crippen molar-refractivity contribution < 1.29 is 27.4 Å². The molecule has 0 heterocycles. The van der Waals surface area contributed by atoms with Gasteiger partial charge in [-0.3, -0.25) is 0 Å². The van der Waals surface area contributed by atoms with Crippen LogP contribution in [0.1, 0.15) is 0 Å². The van der Waals surface area contributed by atoms with E-state index in [2.05, 4.69) is 9.47 Å². The topological polar surface area (TPSA) is 35.5 Å². The van der Waals surface area contributed by atoms with E-state index in [0.29, 0.717) is 0 Å². The minimum Gasteiger partial charge on any atom is -0.431 e. The van der Waals surface area contributed by atoms with Crippen molar-refractivity contribution in [1.29, 1.82) is 0 Å². The lowest BCUT2D eigenvalue weighted by atomic mass is 10.8. The molecule has 0 radical (unpaired) electrons. The summed E-state index contributed by atoms with van der Waals surface area (Å²) < 4.78 is 40.3. The van der Waals surface area contributed by atoms with Crippen LogP contribution in [0.2, 0.25) is 0 Å². The van der Waals surface area contributed by atoms with Crippen LogP contribution >= 0.6 is 0 Å². The quantitative estimate of drug-likeness (QED) is 0.581. The first kappa shape index (κ1) is 9.06. The molecule has 0 saturated heterocycles. The molecule has 3 nitrogen and oxygen atoms in total. The van der Waals surface area contributed by atoms with Gasteiger partial charge in [0.25, 0.3) is 0 Å². The van der Waals surface area contributed by atoms with Crippen LogP contribution in [0.15, 0.2) is 0 Å². The van der Waals surface area contributed by atoms with E-state index in [1.807, 2.05) is 0 Å². The molecule has 0 aromatic rings. The fourth-order valence-electron chi connectivity index (χ4n) is 0.229. The van der Waals surface area contributed by atoms with Crippen molar-refractivity contribution in [3.63, 3.8) is 0 Å². The average Bonchev–Trinajstić information content (AvgIpc) is 1.82. The smallest absolute Gasteiger partial charge is 0.431 e. The Morgan fingerprint density at radius 3 is 2.50 bits per heavy atom. The zero-order valence-corrected chi connectivity index (χ0v) is 4.85. The van der Waals surface area contributed by atoms with Gasteiger partial charge in [0.05, 0.1) is 0 Å². The minimum absolute atomic E-state index is 0.564. The molecule has 0 atom stereocenters. The molecule has 0 bridgehead atoms. The number of rotatable bonds is 3. The third-order valence-corrected chi connectivity index (χ3v) is 0.482. The summed E-state index contributed by atoms with van der Waals surface area (Å²) in [6.07, 6.45) is -1.56. The first-order chi connectivity index (χ1) is 4.66. The first-order valence-electron chi connectivity index (χ1n) is 2.34. The zero-order valence-electron chi connectivity index (χ0n) is 4.85. The Bertz CT molecular complexity index is 106.